The van der Waals surface area contributed by atoms with Gasteiger partial charge in [0.25, 0.3) is 0 Å². The minimum absolute atomic E-state index is 0.279. The van der Waals surface area contributed by atoms with Crippen molar-refractivity contribution in [2.75, 3.05) is 24.6 Å². The molecule has 0 spiro atoms. The van der Waals surface area contributed by atoms with Crippen molar-refractivity contribution in [1.82, 2.24) is 19.9 Å². The fourth-order valence-electron chi connectivity index (χ4n) is 2.59. The van der Waals surface area contributed by atoms with Gasteiger partial charge in [0.15, 0.2) is 0 Å². The summed E-state index contributed by atoms with van der Waals surface area (Å²) < 4.78 is 1.92. The molecular weight excluding hydrogens is 298 g/mol. The van der Waals surface area contributed by atoms with Crippen LogP contribution in [0.25, 0.3) is 0 Å². The maximum atomic E-state index is 12.1. The molecule has 2 heterocycles. The molecule has 2 rings (SSSR count). The molecule has 1 amide bonds. The quantitative estimate of drug-likeness (QED) is 0.807. The predicted molar refractivity (Wildman–Crippen MR) is 89.7 cm³/mol. The zero-order valence-corrected chi connectivity index (χ0v) is 14.6. The Bertz CT molecular complexity index is 488. The first kappa shape index (κ1) is 17.3. The summed E-state index contributed by atoms with van der Waals surface area (Å²) in [4.78, 5) is 14.1. The van der Waals surface area contributed by atoms with Gasteiger partial charge in [0, 0.05) is 25.3 Å². The minimum Gasteiger partial charge on any atom is -0.343 e. The number of amides is 1. The van der Waals surface area contributed by atoms with Crippen molar-refractivity contribution in [3.63, 3.8) is 0 Å². The molecule has 0 aromatic carbocycles. The molecule has 0 radical (unpaired) electrons. The molecule has 0 saturated carbocycles. The number of hydrogen-bond donors (Lipinski definition) is 1. The molecule has 0 unspecified atom stereocenters. The van der Waals surface area contributed by atoms with Crippen molar-refractivity contribution in [3.8, 4) is 0 Å². The van der Waals surface area contributed by atoms with Crippen molar-refractivity contribution in [2.45, 2.75) is 51.6 Å². The zero-order valence-electron chi connectivity index (χ0n) is 13.8. The smallest absolute Gasteiger partial charge is 0.223 e. The van der Waals surface area contributed by atoms with Crippen molar-refractivity contribution in [3.05, 3.63) is 11.9 Å². The van der Waals surface area contributed by atoms with E-state index in [4.69, 9.17) is 5.73 Å². The molecule has 1 aliphatic heterocycles. The topological polar surface area (TPSA) is 77.0 Å². The highest BCUT2D eigenvalue weighted by Gasteiger charge is 2.26. The standard InChI is InChI=1S/C15H27N5OS/c1-4-22-10-7-14(21)19-8-5-12(6-9-19)20-11-13(17-18-20)15(2,3)16/h11-12H,4-10,16H2,1-3H3. The summed E-state index contributed by atoms with van der Waals surface area (Å²) >= 11 is 1.82. The summed E-state index contributed by atoms with van der Waals surface area (Å²) in [6, 6.07) is 0.317. The van der Waals surface area contributed by atoms with E-state index in [1.165, 1.54) is 0 Å². The van der Waals surface area contributed by atoms with E-state index in [2.05, 4.69) is 17.2 Å². The molecule has 2 N–H and O–H groups in total. The first-order valence-electron chi connectivity index (χ1n) is 7.98. The molecule has 124 valence electrons. The molecule has 1 saturated heterocycles. The molecule has 22 heavy (non-hydrogen) atoms. The van der Waals surface area contributed by atoms with Crippen LogP contribution in [0.5, 0.6) is 0 Å². The van der Waals surface area contributed by atoms with Crippen LogP contribution in [-0.2, 0) is 10.3 Å². The number of nitrogens with two attached hydrogens (primary N) is 1. The average molecular weight is 325 g/mol. The van der Waals surface area contributed by atoms with Gasteiger partial charge in [-0.05, 0) is 32.4 Å². The molecule has 6 nitrogen and oxygen atoms in total. The molecule has 0 aliphatic carbocycles. The third kappa shape index (κ3) is 4.46. The SMILES string of the molecule is CCSCCC(=O)N1CCC(n2cc(C(C)(C)N)nn2)CC1. The lowest BCUT2D eigenvalue weighted by Gasteiger charge is -2.32. The van der Waals surface area contributed by atoms with Crippen molar-refractivity contribution >= 4 is 17.7 Å². The first-order valence-corrected chi connectivity index (χ1v) is 9.14. The summed E-state index contributed by atoms with van der Waals surface area (Å²) in [6.07, 6.45) is 4.46. The van der Waals surface area contributed by atoms with Gasteiger partial charge >= 0.3 is 0 Å². The minimum atomic E-state index is -0.466. The van der Waals surface area contributed by atoms with Gasteiger partial charge in [0.1, 0.15) is 5.69 Å². The zero-order chi connectivity index (χ0) is 16.2. The predicted octanol–water partition coefficient (Wildman–Crippen LogP) is 1.78. The second-order valence-corrected chi connectivity index (χ2v) is 7.76. The molecule has 0 atom stereocenters. The highest BCUT2D eigenvalue weighted by atomic mass is 32.2. The maximum absolute atomic E-state index is 12.1. The van der Waals surface area contributed by atoms with Crippen molar-refractivity contribution < 1.29 is 4.79 Å². The van der Waals surface area contributed by atoms with Gasteiger partial charge in [-0.25, -0.2) is 4.68 Å². The second kappa shape index (κ2) is 7.46. The second-order valence-electron chi connectivity index (χ2n) is 6.36. The number of thioether (sulfide) groups is 1. The monoisotopic (exact) mass is 325 g/mol. The normalized spacial score (nSPS) is 17.0. The van der Waals surface area contributed by atoms with Gasteiger partial charge < -0.3 is 10.6 Å². The Morgan fingerprint density at radius 3 is 2.68 bits per heavy atom. The Morgan fingerprint density at radius 1 is 1.45 bits per heavy atom. The van der Waals surface area contributed by atoms with E-state index in [0.717, 1.165) is 43.1 Å². The Morgan fingerprint density at radius 2 is 2.14 bits per heavy atom. The summed E-state index contributed by atoms with van der Waals surface area (Å²) in [7, 11) is 0. The van der Waals surface area contributed by atoms with Crippen molar-refractivity contribution in [2.24, 2.45) is 5.73 Å². The van der Waals surface area contributed by atoms with Gasteiger partial charge in [-0.1, -0.05) is 12.1 Å². The van der Waals surface area contributed by atoms with Crippen LogP contribution in [0.3, 0.4) is 0 Å². The Kier molecular flexibility index (Phi) is 5.86. The number of rotatable bonds is 6. The lowest BCUT2D eigenvalue weighted by Crippen LogP contribution is -2.39. The number of hydrogen-bond acceptors (Lipinski definition) is 5. The van der Waals surface area contributed by atoms with Crippen LogP contribution in [0.15, 0.2) is 6.20 Å². The molecule has 1 aromatic rings. The lowest BCUT2D eigenvalue weighted by molar-refractivity contribution is -0.132. The van der Waals surface area contributed by atoms with Crippen molar-refractivity contribution in [1.29, 1.82) is 0 Å². The number of nitrogens with zero attached hydrogens (tertiary/aromatic N) is 4. The Labute approximate surface area is 136 Å². The van der Waals surface area contributed by atoms with Crippen LogP contribution < -0.4 is 5.73 Å². The number of carbonyl (C=O) groups excluding carboxylic acids is 1. The number of piperidine rings is 1. The first-order chi connectivity index (χ1) is 10.4. The number of carbonyl (C=O) groups is 1. The van der Waals surface area contributed by atoms with E-state index in [1.54, 1.807) is 0 Å². The molecule has 1 aromatic heterocycles. The van der Waals surface area contributed by atoms with E-state index in [-0.39, 0.29) is 5.91 Å². The van der Waals surface area contributed by atoms with E-state index in [9.17, 15) is 4.79 Å². The van der Waals surface area contributed by atoms with E-state index >= 15 is 0 Å². The highest BCUT2D eigenvalue weighted by molar-refractivity contribution is 7.99. The maximum Gasteiger partial charge on any atom is 0.223 e. The number of aromatic nitrogens is 3. The van der Waals surface area contributed by atoms with Gasteiger partial charge in [-0.2, -0.15) is 11.8 Å². The molecule has 7 heteroatoms. The lowest BCUT2D eigenvalue weighted by atomic mass is 10.0. The summed E-state index contributed by atoms with van der Waals surface area (Å²) in [6.45, 7) is 7.59. The third-order valence-corrected chi connectivity index (χ3v) is 4.93. The van der Waals surface area contributed by atoms with E-state index in [1.807, 2.05) is 41.4 Å². The fourth-order valence-corrected chi connectivity index (χ4v) is 3.20. The molecular formula is C15H27N5OS. The summed E-state index contributed by atoms with van der Waals surface area (Å²) in [5.41, 5.74) is 6.39. The van der Waals surface area contributed by atoms with Crippen LogP contribution in [0.4, 0.5) is 0 Å². The molecule has 0 bridgehead atoms. The average Bonchev–Trinajstić information content (AvgIpc) is 2.97. The van der Waals surface area contributed by atoms with Crippen LogP contribution in [-0.4, -0.2) is 50.4 Å². The highest BCUT2D eigenvalue weighted by Crippen LogP contribution is 2.24. The summed E-state index contributed by atoms with van der Waals surface area (Å²) in [5.74, 6) is 2.27. The van der Waals surface area contributed by atoms with E-state index < -0.39 is 5.54 Å². The largest absolute Gasteiger partial charge is 0.343 e. The van der Waals surface area contributed by atoms with Crippen LogP contribution in [0, 0.1) is 0 Å². The van der Waals surface area contributed by atoms with Crippen LogP contribution in [0.1, 0.15) is 51.8 Å². The van der Waals surface area contributed by atoms with Gasteiger partial charge in [0.2, 0.25) is 5.91 Å². The molecule has 1 fully saturated rings. The van der Waals surface area contributed by atoms with Gasteiger partial charge in [-0.3, -0.25) is 4.79 Å². The van der Waals surface area contributed by atoms with Crippen LogP contribution in [0.2, 0.25) is 0 Å². The molecule has 1 aliphatic rings. The third-order valence-electron chi connectivity index (χ3n) is 4.03. The Hall–Kier alpha value is -1.08. The Balaban J connectivity index is 1.84. The van der Waals surface area contributed by atoms with E-state index in [0.29, 0.717) is 12.5 Å². The summed E-state index contributed by atoms with van der Waals surface area (Å²) in [5, 5.41) is 8.39. The van der Waals surface area contributed by atoms with Gasteiger partial charge in [-0.15, -0.1) is 5.10 Å². The van der Waals surface area contributed by atoms with Crippen LogP contribution >= 0.6 is 11.8 Å². The fraction of sp³-hybridized carbons (Fsp3) is 0.800. The van der Waals surface area contributed by atoms with Gasteiger partial charge in [0.05, 0.1) is 17.8 Å². The number of likely N-dealkylation sites (tertiary alicyclic amines) is 1.